The van der Waals surface area contributed by atoms with Crippen molar-refractivity contribution in [2.24, 2.45) is 0 Å². The SMILES string of the molecule is O=c1c2c([nH]c3c(Br)ccc(I)c13)CCCC2. The van der Waals surface area contributed by atoms with Gasteiger partial charge in [0.2, 0.25) is 0 Å². The third-order valence-electron chi connectivity index (χ3n) is 3.35. The standard InChI is InChI=1S/C13H11BrINO/c14-8-5-6-9(15)11-12(8)16-10-4-2-1-3-7(10)13(11)17/h5-6H,1-4H2,(H,16,17). The van der Waals surface area contributed by atoms with E-state index < -0.39 is 0 Å². The molecule has 1 aliphatic rings. The van der Waals surface area contributed by atoms with Crippen LogP contribution >= 0.6 is 38.5 Å². The van der Waals surface area contributed by atoms with Gasteiger partial charge in [-0.1, -0.05) is 0 Å². The third-order valence-corrected chi connectivity index (χ3v) is 4.91. The monoisotopic (exact) mass is 403 g/mol. The zero-order valence-corrected chi connectivity index (χ0v) is 12.9. The first kappa shape index (κ1) is 11.7. The van der Waals surface area contributed by atoms with Gasteiger partial charge in [0.1, 0.15) is 0 Å². The molecule has 4 heteroatoms. The largest absolute Gasteiger partial charge is 0.357 e. The Morgan fingerprint density at radius 1 is 1.24 bits per heavy atom. The molecule has 1 aromatic carbocycles. The Bertz CT molecular complexity index is 662. The van der Waals surface area contributed by atoms with Crippen molar-refractivity contribution in [3.05, 3.63) is 41.7 Å². The van der Waals surface area contributed by atoms with E-state index in [0.717, 1.165) is 49.5 Å². The van der Waals surface area contributed by atoms with Crippen LogP contribution in [0.15, 0.2) is 21.4 Å². The number of rotatable bonds is 0. The summed E-state index contributed by atoms with van der Waals surface area (Å²) in [7, 11) is 0. The zero-order chi connectivity index (χ0) is 12.0. The molecule has 1 N–H and O–H groups in total. The topological polar surface area (TPSA) is 32.9 Å². The summed E-state index contributed by atoms with van der Waals surface area (Å²) in [6.07, 6.45) is 4.23. The maximum absolute atomic E-state index is 12.5. The lowest BCUT2D eigenvalue weighted by Gasteiger charge is -2.16. The maximum Gasteiger partial charge on any atom is 0.193 e. The van der Waals surface area contributed by atoms with E-state index in [0.29, 0.717) is 0 Å². The van der Waals surface area contributed by atoms with Crippen molar-refractivity contribution in [3.63, 3.8) is 0 Å². The minimum absolute atomic E-state index is 0.221. The molecular formula is C13H11BrINO. The molecule has 0 bridgehead atoms. The summed E-state index contributed by atoms with van der Waals surface area (Å²) < 4.78 is 1.99. The molecule has 1 aliphatic carbocycles. The van der Waals surface area contributed by atoms with Gasteiger partial charge in [0.05, 0.1) is 10.9 Å². The number of nitrogens with one attached hydrogen (secondary N) is 1. The van der Waals surface area contributed by atoms with Crippen LogP contribution in [-0.4, -0.2) is 4.98 Å². The van der Waals surface area contributed by atoms with Crippen molar-refractivity contribution in [3.8, 4) is 0 Å². The van der Waals surface area contributed by atoms with E-state index in [1.54, 1.807) is 0 Å². The zero-order valence-electron chi connectivity index (χ0n) is 9.15. The Balaban J connectivity index is 2.48. The Hall–Kier alpha value is -0.360. The van der Waals surface area contributed by atoms with Crippen LogP contribution in [0.3, 0.4) is 0 Å². The van der Waals surface area contributed by atoms with Gasteiger partial charge < -0.3 is 4.98 Å². The van der Waals surface area contributed by atoms with E-state index >= 15 is 0 Å². The number of aromatic nitrogens is 1. The molecule has 0 spiro atoms. The molecule has 1 heterocycles. The number of hydrogen-bond acceptors (Lipinski definition) is 1. The molecule has 17 heavy (non-hydrogen) atoms. The Morgan fingerprint density at radius 2 is 2.00 bits per heavy atom. The predicted octanol–water partition coefficient (Wildman–Crippen LogP) is 3.77. The number of pyridine rings is 1. The normalized spacial score (nSPS) is 14.9. The van der Waals surface area contributed by atoms with Gasteiger partial charge in [-0.05, 0) is 76.3 Å². The molecule has 0 aliphatic heterocycles. The fraction of sp³-hybridized carbons (Fsp3) is 0.308. The van der Waals surface area contributed by atoms with Crippen LogP contribution in [0.1, 0.15) is 24.1 Å². The van der Waals surface area contributed by atoms with Gasteiger partial charge in [-0.2, -0.15) is 0 Å². The lowest BCUT2D eigenvalue weighted by Crippen LogP contribution is -2.19. The molecule has 1 aromatic heterocycles. The van der Waals surface area contributed by atoms with E-state index in [2.05, 4.69) is 43.5 Å². The number of hydrogen-bond donors (Lipinski definition) is 1. The highest BCUT2D eigenvalue weighted by molar-refractivity contribution is 14.1. The first-order valence-corrected chi connectivity index (χ1v) is 7.57. The van der Waals surface area contributed by atoms with Crippen LogP contribution in [0.4, 0.5) is 0 Å². The van der Waals surface area contributed by atoms with Crippen LogP contribution < -0.4 is 5.43 Å². The van der Waals surface area contributed by atoms with Gasteiger partial charge >= 0.3 is 0 Å². The summed E-state index contributed by atoms with van der Waals surface area (Å²) in [5, 5.41) is 0.834. The predicted molar refractivity (Wildman–Crippen MR) is 81.6 cm³/mol. The van der Waals surface area contributed by atoms with E-state index in [1.807, 2.05) is 12.1 Å². The first-order chi connectivity index (χ1) is 8.18. The number of aromatic amines is 1. The number of aryl methyl sites for hydroxylation is 1. The van der Waals surface area contributed by atoms with Crippen LogP contribution in [0.25, 0.3) is 10.9 Å². The average Bonchev–Trinajstić information content (AvgIpc) is 2.34. The molecule has 0 fully saturated rings. The summed E-state index contributed by atoms with van der Waals surface area (Å²) in [6.45, 7) is 0. The van der Waals surface area contributed by atoms with Crippen LogP contribution in [0.2, 0.25) is 0 Å². The van der Waals surface area contributed by atoms with Gasteiger partial charge in [0, 0.05) is 19.3 Å². The number of H-pyrrole nitrogens is 1. The highest BCUT2D eigenvalue weighted by Crippen LogP contribution is 2.27. The number of halogens is 2. The van der Waals surface area contributed by atoms with Gasteiger partial charge in [0.25, 0.3) is 0 Å². The molecule has 88 valence electrons. The molecule has 0 amide bonds. The Morgan fingerprint density at radius 3 is 2.82 bits per heavy atom. The molecular weight excluding hydrogens is 393 g/mol. The smallest absolute Gasteiger partial charge is 0.193 e. The summed E-state index contributed by atoms with van der Waals surface area (Å²) in [5.74, 6) is 0. The number of benzene rings is 1. The van der Waals surface area contributed by atoms with E-state index in [-0.39, 0.29) is 5.43 Å². The summed E-state index contributed by atoms with van der Waals surface area (Å²) in [5.41, 5.74) is 3.30. The minimum atomic E-state index is 0.221. The second-order valence-electron chi connectivity index (χ2n) is 4.40. The van der Waals surface area contributed by atoms with Crippen molar-refractivity contribution in [1.82, 2.24) is 4.98 Å². The first-order valence-electron chi connectivity index (χ1n) is 5.70. The van der Waals surface area contributed by atoms with Crippen LogP contribution in [0, 0.1) is 3.57 Å². The summed E-state index contributed by atoms with van der Waals surface area (Å²) in [4.78, 5) is 15.9. The number of fused-ring (bicyclic) bond motifs is 2. The van der Waals surface area contributed by atoms with Gasteiger partial charge in [-0.15, -0.1) is 0 Å². The molecule has 0 saturated carbocycles. The van der Waals surface area contributed by atoms with Gasteiger partial charge in [-0.25, -0.2) is 0 Å². The summed E-state index contributed by atoms with van der Waals surface area (Å²) in [6, 6.07) is 3.98. The molecule has 2 nitrogen and oxygen atoms in total. The van der Waals surface area contributed by atoms with E-state index in [1.165, 1.54) is 6.42 Å². The molecule has 0 unspecified atom stereocenters. The maximum atomic E-state index is 12.5. The molecule has 0 atom stereocenters. The lowest BCUT2D eigenvalue weighted by molar-refractivity contribution is 0.667. The summed E-state index contributed by atoms with van der Waals surface area (Å²) >= 11 is 5.75. The van der Waals surface area contributed by atoms with Crippen molar-refractivity contribution in [2.75, 3.05) is 0 Å². The molecule has 2 aromatic rings. The highest BCUT2D eigenvalue weighted by atomic mass is 127. The van der Waals surface area contributed by atoms with E-state index in [9.17, 15) is 4.79 Å². The molecule has 0 saturated heterocycles. The van der Waals surface area contributed by atoms with Crippen LogP contribution in [-0.2, 0) is 12.8 Å². The Kier molecular flexibility index (Phi) is 3.02. The van der Waals surface area contributed by atoms with Crippen molar-refractivity contribution >= 4 is 49.4 Å². The quantitative estimate of drug-likeness (QED) is 0.667. The fourth-order valence-corrected chi connectivity index (χ4v) is 3.62. The lowest BCUT2D eigenvalue weighted by atomic mass is 9.94. The van der Waals surface area contributed by atoms with Gasteiger partial charge in [-0.3, -0.25) is 4.79 Å². The van der Waals surface area contributed by atoms with Crippen LogP contribution in [0.5, 0.6) is 0 Å². The van der Waals surface area contributed by atoms with Gasteiger partial charge in [0.15, 0.2) is 5.43 Å². The fourth-order valence-electron chi connectivity index (χ4n) is 2.49. The second kappa shape index (κ2) is 4.39. The van der Waals surface area contributed by atoms with Crippen molar-refractivity contribution in [1.29, 1.82) is 0 Å². The minimum Gasteiger partial charge on any atom is -0.357 e. The second-order valence-corrected chi connectivity index (χ2v) is 6.41. The molecule has 0 radical (unpaired) electrons. The Labute approximate surface area is 121 Å². The van der Waals surface area contributed by atoms with Crippen molar-refractivity contribution < 1.29 is 0 Å². The highest BCUT2D eigenvalue weighted by Gasteiger charge is 2.17. The van der Waals surface area contributed by atoms with E-state index in [4.69, 9.17) is 0 Å². The third kappa shape index (κ3) is 1.85. The van der Waals surface area contributed by atoms with Crippen molar-refractivity contribution in [2.45, 2.75) is 25.7 Å². The average molecular weight is 404 g/mol. The molecule has 3 rings (SSSR count).